The van der Waals surface area contributed by atoms with E-state index in [2.05, 4.69) is 0 Å². The molecule has 0 saturated carbocycles. The zero-order valence-electron chi connectivity index (χ0n) is 4.49. The third-order valence-corrected chi connectivity index (χ3v) is 0. The Balaban J connectivity index is 0. The van der Waals surface area contributed by atoms with Crippen molar-refractivity contribution < 1.29 is 2.85 Å². The van der Waals surface area contributed by atoms with Crippen molar-refractivity contribution >= 4 is 66.1 Å². The second-order valence-electron chi connectivity index (χ2n) is 0. The maximum absolute atomic E-state index is 0. The van der Waals surface area contributed by atoms with Crippen LogP contribution in [0.3, 0.4) is 0 Å². The summed E-state index contributed by atoms with van der Waals surface area (Å²) in [6, 6.07) is 0. The minimum absolute atomic E-state index is 0. The fourth-order valence-corrected chi connectivity index (χ4v) is 0. The molecular weight excluding hydrogens is 109 g/mol. The van der Waals surface area contributed by atoms with Crippen molar-refractivity contribution in [2.75, 3.05) is 0 Å². The summed E-state index contributed by atoms with van der Waals surface area (Å²) in [6.45, 7) is 0. The summed E-state index contributed by atoms with van der Waals surface area (Å²) in [5.74, 6) is 0. The number of rotatable bonds is 0. The third kappa shape index (κ3) is 9.02. The molecule has 0 bridgehead atoms. The van der Waals surface area contributed by atoms with E-state index in [9.17, 15) is 0 Å². The number of hydrogen-bond acceptors (Lipinski definition) is 1. The van der Waals surface area contributed by atoms with Crippen LogP contribution in [0.25, 0.3) is 0 Å². The summed E-state index contributed by atoms with van der Waals surface area (Å²) < 4.78 is 0. The molecule has 0 saturated heterocycles. The van der Waals surface area contributed by atoms with Gasteiger partial charge in [0, 0.05) is 28.3 Å². The van der Waals surface area contributed by atoms with Gasteiger partial charge in [0.1, 0.15) is 0 Å². The average molecular weight is 114 g/mol. The predicted octanol–water partition coefficient (Wildman–Crippen LogP) is -0.755. The van der Waals surface area contributed by atoms with Crippen molar-refractivity contribution in [3.05, 3.63) is 0 Å². The molecule has 0 aliphatic heterocycles. The van der Waals surface area contributed by atoms with Crippen molar-refractivity contribution in [3.63, 3.8) is 0 Å². The Labute approximate surface area is 74.2 Å². The van der Waals surface area contributed by atoms with E-state index in [0.29, 0.717) is 0 Å². The third-order valence-electron chi connectivity index (χ3n) is 0. The van der Waals surface area contributed by atoms with Crippen LogP contribution < -0.4 is 6.15 Å². The Bertz CT molecular complexity index is 13.5. The first-order chi connectivity index (χ1) is 0. The molecule has 0 spiro atoms. The van der Waals surface area contributed by atoms with Gasteiger partial charge in [-0.05, 0) is 0 Å². The van der Waals surface area contributed by atoms with Crippen LogP contribution in [-0.4, -0.2) is 66.1 Å². The van der Waals surface area contributed by atoms with Crippen LogP contribution in [-0.2, 0) is 0 Å². The zero-order valence-corrected chi connectivity index (χ0v) is 6.85. The number of hydrogen-bond donors (Lipinski definition) is 1. The first kappa shape index (κ1) is 38.0. The van der Waals surface area contributed by atoms with Gasteiger partial charge in [0.2, 0.25) is 0 Å². The normalized spacial score (nSPS) is 0. The van der Waals surface area contributed by atoms with Crippen LogP contribution in [0.5, 0.6) is 0 Å². The van der Waals surface area contributed by atoms with Crippen LogP contribution in [0, 0.1) is 0 Å². The van der Waals surface area contributed by atoms with Gasteiger partial charge < -0.3 is 9.00 Å². The first-order valence-electron chi connectivity index (χ1n) is 0. The summed E-state index contributed by atoms with van der Waals surface area (Å²) >= 11 is 0. The molecule has 19 valence electrons. The van der Waals surface area contributed by atoms with Crippen molar-refractivity contribution in [1.29, 1.82) is 0 Å². The molecule has 0 aromatic rings. The Kier molecular flexibility index (Phi) is 192. The summed E-state index contributed by atoms with van der Waals surface area (Å²) in [4.78, 5) is 0. The van der Waals surface area contributed by atoms with Crippen molar-refractivity contribution in [1.82, 2.24) is 6.15 Å². The summed E-state index contributed by atoms with van der Waals surface area (Å²) in [5.41, 5.74) is 0. The second-order valence-corrected chi connectivity index (χ2v) is 0. The van der Waals surface area contributed by atoms with E-state index in [1.165, 1.54) is 0 Å². The fraction of sp³-hybridized carbons (Fsp3) is 0. The second kappa shape index (κ2) is 20.2. The van der Waals surface area contributed by atoms with Gasteiger partial charge in [0.25, 0.3) is 0 Å². The standard InChI is InChI=1S/Al.Ca.H3N.Si.2H/h;;1H3;;;/q;+2;;;2*-1. The molecule has 0 aromatic carbocycles. The Morgan fingerprint density at radius 3 is 1.25 bits per heavy atom. The van der Waals surface area contributed by atoms with Crippen LogP contribution in [0.15, 0.2) is 0 Å². The van der Waals surface area contributed by atoms with Gasteiger partial charge in [-0.3, -0.25) is 0 Å². The topological polar surface area (TPSA) is 35.0 Å². The summed E-state index contributed by atoms with van der Waals surface area (Å²) in [6.07, 6.45) is 0. The molecule has 4 heteroatoms. The van der Waals surface area contributed by atoms with E-state index in [1.54, 1.807) is 0 Å². The Morgan fingerprint density at radius 2 is 1.25 bits per heavy atom. The van der Waals surface area contributed by atoms with E-state index < -0.39 is 0 Å². The first-order valence-corrected chi connectivity index (χ1v) is 0. The smallest absolute Gasteiger partial charge is 1.00 e. The van der Waals surface area contributed by atoms with Crippen LogP contribution >= 0.6 is 0 Å². The van der Waals surface area contributed by atoms with E-state index in [4.69, 9.17) is 0 Å². The van der Waals surface area contributed by atoms with Gasteiger partial charge in [-0.1, -0.05) is 0 Å². The minimum atomic E-state index is 0. The molecule has 0 unspecified atom stereocenters. The molecule has 0 aliphatic rings. The van der Waals surface area contributed by atoms with Gasteiger partial charge in [0.05, 0.1) is 0 Å². The van der Waals surface area contributed by atoms with Crippen molar-refractivity contribution in [2.24, 2.45) is 0 Å². The van der Waals surface area contributed by atoms with E-state index in [-0.39, 0.29) is 75.1 Å². The van der Waals surface area contributed by atoms with Gasteiger partial charge in [-0.2, -0.15) is 0 Å². The minimum Gasteiger partial charge on any atom is -1.00 e. The largest absolute Gasteiger partial charge is 2.00 e. The molecule has 0 rings (SSSR count). The van der Waals surface area contributed by atoms with Crippen LogP contribution in [0.1, 0.15) is 2.85 Å². The van der Waals surface area contributed by atoms with Gasteiger partial charge >= 0.3 is 37.7 Å². The van der Waals surface area contributed by atoms with E-state index in [1.807, 2.05) is 0 Å². The van der Waals surface area contributed by atoms with Crippen LogP contribution in [0.4, 0.5) is 0 Å². The molecule has 0 amide bonds. The monoisotopic (exact) mass is 114 g/mol. The van der Waals surface area contributed by atoms with Gasteiger partial charge in [0.15, 0.2) is 0 Å². The van der Waals surface area contributed by atoms with Crippen LogP contribution in [0.2, 0.25) is 0 Å². The SMILES string of the molecule is N.[Al].[Ca+2].[H-].[H-].[Si]. The molecule has 0 aliphatic carbocycles. The van der Waals surface area contributed by atoms with E-state index in [0.717, 1.165) is 0 Å². The maximum Gasteiger partial charge on any atom is 2.00 e. The van der Waals surface area contributed by atoms with Gasteiger partial charge in [-0.15, -0.1) is 0 Å². The quantitative estimate of drug-likeness (QED) is 0.413. The molecule has 1 nitrogen and oxygen atoms in total. The molecule has 4 heavy (non-hydrogen) atoms. The predicted molar refractivity (Wildman–Crippen MR) is 24.5 cm³/mol. The molecule has 7 radical (unpaired) electrons. The average Bonchev–Trinajstić information content (AvgIpc) is 0. The maximum atomic E-state index is 0. The van der Waals surface area contributed by atoms with Gasteiger partial charge in [-0.25, -0.2) is 0 Å². The van der Waals surface area contributed by atoms with Crippen molar-refractivity contribution in [3.8, 4) is 0 Å². The molecule has 3 N–H and O–H groups in total. The van der Waals surface area contributed by atoms with Crippen molar-refractivity contribution in [2.45, 2.75) is 0 Å². The Hall–Kier alpha value is 1.97. The molecule has 0 heterocycles. The molecule has 0 aromatic heterocycles. The Morgan fingerprint density at radius 1 is 1.25 bits per heavy atom. The zero-order chi connectivity index (χ0) is 0. The summed E-state index contributed by atoms with van der Waals surface area (Å²) in [7, 11) is 0. The molecule has 0 atom stereocenters. The summed E-state index contributed by atoms with van der Waals surface area (Å²) in [5, 5.41) is 0. The molecule has 0 fully saturated rings. The van der Waals surface area contributed by atoms with E-state index >= 15 is 0 Å². The molecular formula is H5AlCaNSi. The fourth-order valence-electron chi connectivity index (χ4n) is 0.